The van der Waals surface area contributed by atoms with Crippen LogP contribution in [0.2, 0.25) is 5.02 Å². The van der Waals surface area contributed by atoms with Crippen molar-refractivity contribution >= 4 is 45.8 Å². The Labute approximate surface area is 178 Å². The second-order valence-corrected chi connectivity index (χ2v) is 7.77. The van der Waals surface area contributed by atoms with Crippen molar-refractivity contribution in [1.82, 2.24) is 14.8 Å². The zero-order chi connectivity index (χ0) is 21.4. The lowest BCUT2D eigenvalue weighted by Gasteiger charge is -2.17. The number of carbonyl (C=O) groups excluding carboxylic acids is 2. The molecule has 1 saturated heterocycles. The molecular weight excluding hydrogens is 406 g/mol. The SMILES string of the molecule is Cc1cc(C)c2c(OCC(=O)Nc3cc(N4CCCC4=O)ccc3Cl)nn(C)c2n1. The lowest BCUT2D eigenvalue weighted by Crippen LogP contribution is -2.24. The summed E-state index contributed by atoms with van der Waals surface area (Å²) >= 11 is 6.23. The standard InChI is InChI=1S/C21H22ClN5O3/c1-12-9-13(2)23-20-19(12)21(25-26(20)3)30-11-17(28)24-16-10-14(6-7-15(16)22)27-8-4-5-18(27)29/h6-7,9-10H,4-5,8,11H2,1-3H3,(H,24,28). The molecule has 0 saturated carbocycles. The van der Waals surface area contributed by atoms with Gasteiger partial charge in [0.05, 0.1) is 16.1 Å². The fraction of sp³-hybridized carbons (Fsp3) is 0.333. The number of amides is 2. The molecule has 1 aliphatic rings. The highest BCUT2D eigenvalue weighted by Gasteiger charge is 2.22. The van der Waals surface area contributed by atoms with Crippen LogP contribution in [0.1, 0.15) is 24.1 Å². The van der Waals surface area contributed by atoms with Crippen molar-refractivity contribution in [1.29, 1.82) is 0 Å². The Balaban J connectivity index is 1.48. The topological polar surface area (TPSA) is 89.4 Å². The summed E-state index contributed by atoms with van der Waals surface area (Å²) in [5.41, 5.74) is 3.71. The second-order valence-electron chi connectivity index (χ2n) is 7.36. The Hall–Kier alpha value is -3.13. The van der Waals surface area contributed by atoms with Crippen LogP contribution in [-0.4, -0.2) is 39.7 Å². The van der Waals surface area contributed by atoms with E-state index in [9.17, 15) is 9.59 Å². The number of ether oxygens (including phenoxy) is 1. The van der Waals surface area contributed by atoms with E-state index in [1.165, 1.54) is 0 Å². The van der Waals surface area contributed by atoms with Crippen LogP contribution < -0.4 is 15.0 Å². The Morgan fingerprint density at radius 3 is 2.83 bits per heavy atom. The third-order valence-corrected chi connectivity index (χ3v) is 5.37. The van der Waals surface area contributed by atoms with Crippen molar-refractivity contribution in [3.63, 3.8) is 0 Å². The maximum Gasteiger partial charge on any atom is 0.262 e. The average Bonchev–Trinajstić information content (AvgIpc) is 3.25. The van der Waals surface area contributed by atoms with Crippen LogP contribution in [0.3, 0.4) is 0 Å². The molecule has 30 heavy (non-hydrogen) atoms. The largest absolute Gasteiger partial charge is 0.466 e. The second kappa shape index (κ2) is 7.95. The van der Waals surface area contributed by atoms with Gasteiger partial charge in [0, 0.05) is 31.4 Å². The lowest BCUT2D eigenvalue weighted by molar-refractivity contribution is -0.118. The van der Waals surface area contributed by atoms with Crippen LogP contribution in [-0.2, 0) is 16.6 Å². The van der Waals surface area contributed by atoms with Crippen LogP contribution in [0.5, 0.6) is 5.88 Å². The van der Waals surface area contributed by atoms with Gasteiger partial charge in [-0.1, -0.05) is 11.6 Å². The van der Waals surface area contributed by atoms with E-state index < -0.39 is 0 Å². The molecule has 0 spiro atoms. The van der Waals surface area contributed by atoms with Gasteiger partial charge in [-0.05, 0) is 50.1 Å². The molecular formula is C21H22ClN5O3. The number of aromatic nitrogens is 3. The number of benzene rings is 1. The number of halogens is 1. The van der Waals surface area contributed by atoms with Gasteiger partial charge in [0.15, 0.2) is 12.3 Å². The highest BCUT2D eigenvalue weighted by Crippen LogP contribution is 2.30. The maximum atomic E-state index is 12.5. The normalized spacial score (nSPS) is 13.9. The predicted octanol–water partition coefficient (Wildman–Crippen LogP) is 3.38. The highest BCUT2D eigenvalue weighted by atomic mass is 35.5. The van der Waals surface area contributed by atoms with Gasteiger partial charge in [-0.15, -0.1) is 5.10 Å². The van der Waals surface area contributed by atoms with Crippen LogP contribution >= 0.6 is 11.6 Å². The Morgan fingerprint density at radius 1 is 1.30 bits per heavy atom. The third-order valence-electron chi connectivity index (χ3n) is 5.04. The molecule has 0 bridgehead atoms. The number of anilines is 2. The first-order valence-electron chi connectivity index (χ1n) is 9.67. The summed E-state index contributed by atoms with van der Waals surface area (Å²) in [6.45, 7) is 4.30. The van der Waals surface area contributed by atoms with Gasteiger partial charge in [-0.25, -0.2) is 9.67 Å². The molecule has 4 rings (SSSR count). The molecule has 8 nitrogen and oxygen atoms in total. The van der Waals surface area contributed by atoms with Crippen molar-refractivity contribution in [3.8, 4) is 5.88 Å². The fourth-order valence-corrected chi connectivity index (χ4v) is 3.83. The quantitative estimate of drug-likeness (QED) is 0.674. The first-order chi connectivity index (χ1) is 14.3. The minimum absolute atomic E-state index is 0.0687. The minimum Gasteiger partial charge on any atom is -0.466 e. The molecule has 0 unspecified atom stereocenters. The number of hydrogen-bond acceptors (Lipinski definition) is 5. The molecule has 0 radical (unpaired) electrons. The van der Waals surface area contributed by atoms with E-state index in [4.69, 9.17) is 16.3 Å². The summed E-state index contributed by atoms with van der Waals surface area (Å²) in [6.07, 6.45) is 1.35. The van der Waals surface area contributed by atoms with Crippen LogP contribution in [0, 0.1) is 13.8 Å². The summed E-state index contributed by atoms with van der Waals surface area (Å²) in [5.74, 6) is 0.0488. The van der Waals surface area contributed by atoms with Crippen molar-refractivity contribution in [2.24, 2.45) is 7.05 Å². The molecule has 0 aliphatic carbocycles. The number of rotatable bonds is 5. The summed E-state index contributed by atoms with van der Waals surface area (Å²) in [4.78, 5) is 30.7. The van der Waals surface area contributed by atoms with Gasteiger partial charge < -0.3 is 15.0 Å². The van der Waals surface area contributed by atoms with Gasteiger partial charge in [0.25, 0.3) is 5.91 Å². The molecule has 0 atom stereocenters. The summed E-state index contributed by atoms with van der Waals surface area (Å²) in [5, 5.41) is 8.27. The lowest BCUT2D eigenvalue weighted by atomic mass is 10.2. The molecule has 1 N–H and O–H groups in total. The molecule has 2 amide bonds. The third kappa shape index (κ3) is 3.82. The summed E-state index contributed by atoms with van der Waals surface area (Å²) < 4.78 is 7.33. The molecule has 3 aromatic rings. The number of fused-ring (bicyclic) bond motifs is 1. The van der Waals surface area contributed by atoms with E-state index in [0.29, 0.717) is 40.9 Å². The highest BCUT2D eigenvalue weighted by molar-refractivity contribution is 6.33. The van der Waals surface area contributed by atoms with E-state index in [2.05, 4.69) is 15.4 Å². The number of aryl methyl sites for hydroxylation is 3. The van der Waals surface area contributed by atoms with E-state index in [1.807, 2.05) is 19.9 Å². The zero-order valence-corrected chi connectivity index (χ0v) is 17.8. The van der Waals surface area contributed by atoms with Gasteiger partial charge in [-0.3, -0.25) is 9.59 Å². The molecule has 1 aliphatic heterocycles. The van der Waals surface area contributed by atoms with Crippen molar-refractivity contribution in [3.05, 3.63) is 40.5 Å². The van der Waals surface area contributed by atoms with Crippen LogP contribution in [0.25, 0.3) is 11.0 Å². The zero-order valence-electron chi connectivity index (χ0n) is 17.0. The van der Waals surface area contributed by atoms with Gasteiger partial charge in [0.1, 0.15) is 0 Å². The van der Waals surface area contributed by atoms with E-state index in [-0.39, 0.29) is 18.4 Å². The van der Waals surface area contributed by atoms with E-state index in [0.717, 1.165) is 23.1 Å². The Kier molecular flexibility index (Phi) is 5.34. The Bertz CT molecular complexity index is 1160. The maximum absolute atomic E-state index is 12.5. The van der Waals surface area contributed by atoms with Crippen molar-refractivity contribution in [2.45, 2.75) is 26.7 Å². The fourth-order valence-electron chi connectivity index (χ4n) is 3.67. The monoisotopic (exact) mass is 427 g/mol. The molecule has 156 valence electrons. The minimum atomic E-state index is -0.377. The average molecular weight is 428 g/mol. The molecule has 2 aromatic heterocycles. The smallest absolute Gasteiger partial charge is 0.262 e. The number of carbonyl (C=O) groups is 2. The molecule has 9 heteroatoms. The number of pyridine rings is 1. The predicted molar refractivity (Wildman–Crippen MR) is 115 cm³/mol. The Morgan fingerprint density at radius 2 is 2.10 bits per heavy atom. The van der Waals surface area contributed by atoms with Crippen LogP contribution in [0.4, 0.5) is 11.4 Å². The molecule has 1 aromatic carbocycles. The first-order valence-corrected chi connectivity index (χ1v) is 10.0. The molecule has 1 fully saturated rings. The summed E-state index contributed by atoms with van der Waals surface area (Å²) in [7, 11) is 1.78. The number of nitrogens with zero attached hydrogens (tertiary/aromatic N) is 4. The number of nitrogens with one attached hydrogen (secondary N) is 1. The molecule has 3 heterocycles. The van der Waals surface area contributed by atoms with Gasteiger partial charge >= 0.3 is 0 Å². The van der Waals surface area contributed by atoms with Crippen LogP contribution in [0.15, 0.2) is 24.3 Å². The summed E-state index contributed by atoms with van der Waals surface area (Å²) in [6, 6.07) is 7.09. The van der Waals surface area contributed by atoms with Crippen molar-refractivity contribution in [2.75, 3.05) is 23.4 Å². The van der Waals surface area contributed by atoms with Gasteiger partial charge in [0.2, 0.25) is 11.8 Å². The number of hydrogen-bond donors (Lipinski definition) is 1. The van der Waals surface area contributed by atoms with E-state index in [1.54, 1.807) is 34.8 Å². The first kappa shape index (κ1) is 20.2. The van der Waals surface area contributed by atoms with E-state index >= 15 is 0 Å². The van der Waals surface area contributed by atoms with Crippen molar-refractivity contribution < 1.29 is 14.3 Å². The van der Waals surface area contributed by atoms with Gasteiger partial charge in [-0.2, -0.15) is 0 Å².